The summed E-state index contributed by atoms with van der Waals surface area (Å²) in [6.07, 6.45) is 0.596. The van der Waals surface area contributed by atoms with Crippen molar-refractivity contribution in [3.63, 3.8) is 0 Å². The average molecular weight is 303 g/mol. The zero-order valence-electron chi connectivity index (χ0n) is 11.3. The standard InChI is InChI=1S/C13H15F2NO5/c1-20-4-2-3-16-11(17)7-21-12-9(14)5-8(13(18)19)6-10(12)15/h5-6H,2-4,7H2,1H3,(H,16,17)(H,18,19). The summed E-state index contributed by atoms with van der Waals surface area (Å²) in [5, 5.41) is 11.1. The van der Waals surface area contributed by atoms with Crippen molar-refractivity contribution in [1.29, 1.82) is 0 Å². The fourth-order valence-electron chi connectivity index (χ4n) is 1.45. The second-order valence-corrected chi connectivity index (χ2v) is 4.06. The lowest BCUT2D eigenvalue weighted by Gasteiger charge is -2.09. The molecule has 116 valence electrons. The highest BCUT2D eigenvalue weighted by Crippen LogP contribution is 2.23. The van der Waals surface area contributed by atoms with Gasteiger partial charge in [-0.3, -0.25) is 4.79 Å². The van der Waals surface area contributed by atoms with Gasteiger partial charge in [0.25, 0.3) is 5.91 Å². The van der Waals surface area contributed by atoms with E-state index >= 15 is 0 Å². The number of nitrogens with one attached hydrogen (secondary N) is 1. The van der Waals surface area contributed by atoms with Crippen LogP contribution >= 0.6 is 0 Å². The Morgan fingerprint density at radius 3 is 2.43 bits per heavy atom. The summed E-state index contributed by atoms with van der Waals surface area (Å²) in [4.78, 5) is 22.0. The van der Waals surface area contributed by atoms with Crippen LogP contribution in [0.3, 0.4) is 0 Å². The van der Waals surface area contributed by atoms with Gasteiger partial charge in [-0.2, -0.15) is 0 Å². The quantitative estimate of drug-likeness (QED) is 0.705. The van der Waals surface area contributed by atoms with Gasteiger partial charge in [-0.15, -0.1) is 0 Å². The third kappa shape index (κ3) is 5.35. The van der Waals surface area contributed by atoms with Crippen molar-refractivity contribution >= 4 is 11.9 Å². The molecule has 1 aromatic carbocycles. The van der Waals surface area contributed by atoms with E-state index in [0.717, 1.165) is 0 Å². The van der Waals surface area contributed by atoms with Crippen LogP contribution in [0.5, 0.6) is 5.75 Å². The minimum Gasteiger partial charge on any atom is -0.478 e. The third-order valence-corrected chi connectivity index (χ3v) is 2.44. The highest BCUT2D eigenvalue weighted by molar-refractivity contribution is 5.87. The molecule has 0 aliphatic carbocycles. The van der Waals surface area contributed by atoms with Crippen LogP contribution in [0.15, 0.2) is 12.1 Å². The van der Waals surface area contributed by atoms with Gasteiger partial charge in [-0.05, 0) is 18.6 Å². The van der Waals surface area contributed by atoms with Gasteiger partial charge in [-0.1, -0.05) is 0 Å². The maximum absolute atomic E-state index is 13.5. The summed E-state index contributed by atoms with van der Waals surface area (Å²) in [7, 11) is 1.53. The molecule has 0 aromatic heterocycles. The Labute approximate surface area is 119 Å². The maximum atomic E-state index is 13.5. The van der Waals surface area contributed by atoms with E-state index in [1.165, 1.54) is 7.11 Å². The lowest BCUT2D eigenvalue weighted by molar-refractivity contribution is -0.123. The number of amides is 1. The smallest absolute Gasteiger partial charge is 0.335 e. The summed E-state index contributed by atoms with van der Waals surface area (Å²) in [6, 6.07) is 1.24. The molecule has 6 nitrogen and oxygen atoms in total. The van der Waals surface area contributed by atoms with Crippen molar-refractivity contribution in [2.24, 2.45) is 0 Å². The van der Waals surface area contributed by atoms with Gasteiger partial charge in [-0.25, -0.2) is 13.6 Å². The molecule has 0 bridgehead atoms. The lowest BCUT2D eigenvalue weighted by atomic mass is 10.2. The van der Waals surface area contributed by atoms with Crippen LogP contribution in [-0.2, 0) is 9.53 Å². The van der Waals surface area contributed by atoms with Crippen LogP contribution in [0.4, 0.5) is 8.78 Å². The molecule has 0 atom stereocenters. The van der Waals surface area contributed by atoms with Crippen molar-refractivity contribution < 1.29 is 33.0 Å². The number of aromatic carboxylic acids is 1. The highest BCUT2D eigenvalue weighted by atomic mass is 19.1. The minimum absolute atomic E-state index is 0.346. The van der Waals surface area contributed by atoms with Crippen molar-refractivity contribution in [2.75, 3.05) is 26.9 Å². The Morgan fingerprint density at radius 1 is 1.29 bits per heavy atom. The molecular formula is C13H15F2NO5. The molecule has 8 heteroatoms. The predicted molar refractivity (Wildman–Crippen MR) is 68.3 cm³/mol. The summed E-state index contributed by atoms with van der Waals surface area (Å²) in [5.74, 6) is -5.16. The van der Waals surface area contributed by atoms with E-state index in [1.807, 2.05) is 0 Å². The van der Waals surface area contributed by atoms with Crippen LogP contribution in [0, 0.1) is 11.6 Å². The van der Waals surface area contributed by atoms with E-state index in [2.05, 4.69) is 5.32 Å². The van der Waals surface area contributed by atoms with Gasteiger partial charge < -0.3 is 19.9 Å². The average Bonchev–Trinajstić information content (AvgIpc) is 2.42. The molecule has 0 fully saturated rings. The molecular weight excluding hydrogens is 288 g/mol. The Morgan fingerprint density at radius 2 is 1.90 bits per heavy atom. The van der Waals surface area contributed by atoms with Gasteiger partial charge in [0.2, 0.25) is 0 Å². The van der Waals surface area contributed by atoms with Crippen LogP contribution < -0.4 is 10.1 Å². The first kappa shape index (κ1) is 16.8. The molecule has 21 heavy (non-hydrogen) atoms. The number of hydrogen-bond acceptors (Lipinski definition) is 4. The Bertz CT molecular complexity index is 498. The van der Waals surface area contributed by atoms with E-state index in [1.54, 1.807) is 0 Å². The molecule has 1 amide bonds. The number of rotatable bonds is 8. The number of halogens is 2. The topological polar surface area (TPSA) is 84.9 Å². The highest BCUT2D eigenvalue weighted by Gasteiger charge is 2.16. The Kier molecular flexibility index (Phi) is 6.54. The van der Waals surface area contributed by atoms with Crippen LogP contribution in [-0.4, -0.2) is 43.9 Å². The third-order valence-electron chi connectivity index (χ3n) is 2.44. The number of carbonyl (C=O) groups excluding carboxylic acids is 1. The molecule has 0 saturated heterocycles. The zero-order chi connectivity index (χ0) is 15.8. The van der Waals surface area contributed by atoms with Gasteiger partial charge in [0.1, 0.15) is 0 Å². The van der Waals surface area contributed by atoms with Gasteiger partial charge in [0.15, 0.2) is 24.0 Å². The van der Waals surface area contributed by atoms with Gasteiger partial charge in [0, 0.05) is 20.3 Å². The van der Waals surface area contributed by atoms with Crippen molar-refractivity contribution in [2.45, 2.75) is 6.42 Å². The summed E-state index contributed by atoms with van der Waals surface area (Å²) < 4.78 is 36.5. The van der Waals surface area contributed by atoms with Gasteiger partial charge >= 0.3 is 5.97 Å². The van der Waals surface area contributed by atoms with E-state index < -0.39 is 41.4 Å². The summed E-state index contributed by atoms with van der Waals surface area (Å²) in [6.45, 7) is 0.243. The fraction of sp³-hybridized carbons (Fsp3) is 0.385. The fourth-order valence-corrected chi connectivity index (χ4v) is 1.45. The number of benzene rings is 1. The lowest BCUT2D eigenvalue weighted by Crippen LogP contribution is -2.30. The van der Waals surface area contributed by atoms with E-state index in [9.17, 15) is 18.4 Å². The molecule has 1 aromatic rings. The number of carboxylic acid groups (broad SMARTS) is 1. The first-order valence-corrected chi connectivity index (χ1v) is 6.06. The first-order chi connectivity index (χ1) is 9.95. The minimum atomic E-state index is -1.46. The molecule has 2 N–H and O–H groups in total. The zero-order valence-corrected chi connectivity index (χ0v) is 11.3. The van der Waals surface area contributed by atoms with Crippen molar-refractivity contribution in [1.82, 2.24) is 5.32 Å². The molecule has 0 unspecified atom stereocenters. The second-order valence-electron chi connectivity index (χ2n) is 4.06. The number of methoxy groups -OCH3 is 1. The van der Waals surface area contributed by atoms with Crippen LogP contribution in [0.25, 0.3) is 0 Å². The molecule has 1 rings (SSSR count). The largest absolute Gasteiger partial charge is 0.478 e. The van der Waals surface area contributed by atoms with Crippen molar-refractivity contribution in [3.8, 4) is 5.75 Å². The maximum Gasteiger partial charge on any atom is 0.335 e. The number of carboxylic acids is 1. The number of hydrogen-bond donors (Lipinski definition) is 2. The number of ether oxygens (including phenoxy) is 2. The summed E-state index contributed by atoms with van der Waals surface area (Å²) in [5.41, 5.74) is -0.540. The molecule has 0 spiro atoms. The van der Waals surface area contributed by atoms with E-state index in [4.69, 9.17) is 14.6 Å². The van der Waals surface area contributed by atoms with Crippen LogP contribution in [0.1, 0.15) is 16.8 Å². The van der Waals surface area contributed by atoms with Crippen LogP contribution in [0.2, 0.25) is 0 Å². The van der Waals surface area contributed by atoms with E-state index in [0.29, 0.717) is 31.7 Å². The monoisotopic (exact) mass is 303 g/mol. The molecule has 0 heterocycles. The summed E-state index contributed by atoms with van der Waals surface area (Å²) >= 11 is 0. The predicted octanol–water partition coefficient (Wildman–Crippen LogP) is 1.19. The van der Waals surface area contributed by atoms with E-state index in [-0.39, 0.29) is 0 Å². The van der Waals surface area contributed by atoms with Crippen molar-refractivity contribution in [3.05, 3.63) is 29.3 Å². The molecule has 0 aliphatic rings. The van der Waals surface area contributed by atoms with Gasteiger partial charge in [0.05, 0.1) is 5.56 Å². The Hall–Kier alpha value is -2.22. The first-order valence-electron chi connectivity index (χ1n) is 6.06. The normalized spacial score (nSPS) is 10.2. The molecule has 0 saturated carbocycles. The molecule has 0 aliphatic heterocycles. The number of carbonyl (C=O) groups is 2. The molecule has 0 radical (unpaired) electrons. The Balaban J connectivity index is 2.55. The SMILES string of the molecule is COCCCNC(=O)COc1c(F)cc(C(=O)O)cc1F. The second kappa shape index (κ2) is 8.15.